The van der Waals surface area contributed by atoms with Gasteiger partial charge in [0.2, 0.25) is 0 Å². The second-order valence-electron chi connectivity index (χ2n) is 12.9. The van der Waals surface area contributed by atoms with Crippen molar-refractivity contribution in [3.63, 3.8) is 0 Å². The van der Waals surface area contributed by atoms with E-state index in [2.05, 4.69) is 108 Å². The van der Waals surface area contributed by atoms with E-state index in [0.29, 0.717) is 6.42 Å². The van der Waals surface area contributed by atoms with Crippen LogP contribution in [0.4, 0.5) is 0 Å². The molecular formula is C26H39B3O2. The van der Waals surface area contributed by atoms with Gasteiger partial charge in [0, 0.05) is 22.0 Å². The molecule has 0 spiro atoms. The van der Waals surface area contributed by atoms with E-state index < -0.39 is 10.9 Å². The van der Waals surface area contributed by atoms with Gasteiger partial charge in [-0.25, -0.2) is 0 Å². The van der Waals surface area contributed by atoms with Crippen molar-refractivity contribution < 1.29 is 9.84 Å². The largest absolute Gasteiger partial charge is 0.456 e. The van der Waals surface area contributed by atoms with Crippen molar-refractivity contribution in [3.05, 3.63) is 59.2 Å². The van der Waals surface area contributed by atoms with Crippen LogP contribution in [-0.4, -0.2) is 34.1 Å². The van der Waals surface area contributed by atoms with Crippen molar-refractivity contribution in [1.29, 1.82) is 0 Å². The highest BCUT2D eigenvalue weighted by Crippen LogP contribution is 2.65. The number of aryl methyl sites for hydroxylation is 1. The van der Waals surface area contributed by atoms with Crippen LogP contribution in [0.15, 0.2) is 42.5 Å². The SMILES string of the molecule is BC(B)(CC(C)(C)C)C1(C(B)(O)CC(C)(C)C)c2ccccc2Oc2c(C)cccc21. The van der Waals surface area contributed by atoms with Gasteiger partial charge in [0.25, 0.3) is 0 Å². The molecule has 0 aliphatic carbocycles. The van der Waals surface area contributed by atoms with Crippen LogP contribution in [0.2, 0.25) is 5.21 Å². The molecule has 1 N–H and O–H groups in total. The highest BCUT2D eigenvalue weighted by molar-refractivity contribution is 6.42. The Bertz CT molecular complexity index is 937. The molecule has 2 aromatic rings. The minimum absolute atomic E-state index is 0.0362. The first-order chi connectivity index (χ1) is 14.0. The number of aliphatic hydroxyl groups is 1. The molecule has 0 amide bonds. The Morgan fingerprint density at radius 1 is 0.806 bits per heavy atom. The lowest BCUT2D eigenvalue weighted by molar-refractivity contribution is 0.00146. The third-order valence-corrected chi connectivity index (χ3v) is 6.79. The first-order valence-corrected chi connectivity index (χ1v) is 11.6. The van der Waals surface area contributed by atoms with E-state index in [0.717, 1.165) is 34.6 Å². The maximum atomic E-state index is 12.6. The summed E-state index contributed by atoms with van der Waals surface area (Å²) in [5.41, 5.74) is 1.75. The zero-order chi connectivity index (χ0) is 23.5. The number of hydrogen-bond acceptors (Lipinski definition) is 2. The van der Waals surface area contributed by atoms with E-state index in [9.17, 15) is 5.11 Å². The molecule has 2 aromatic carbocycles. The molecule has 2 nitrogen and oxygen atoms in total. The Morgan fingerprint density at radius 3 is 1.94 bits per heavy atom. The average Bonchev–Trinajstić information content (AvgIpc) is 2.55. The molecule has 0 radical (unpaired) electrons. The Kier molecular flexibility index (Phi) is 5.80. The normalized spacial score (nSPS) is 20.9. The van der Waals surface area contributed by atoms with Gasteiger partial charge < -0.3 is 9.84 Å². The molecule has 1 aliphatic heterocycles. The maximum Gasteiger partial charge on any atom is 0.144 e. The predicted octanol–water partition coefficient (Wildman–Crippen LogP) is 3.96. The van der Waals surface area contributed by atoms with E-state index in [1.54, 1.807) is 0 Å². The summed E-state index contributed by atoms with van der Waals surface area (Å²) in [6.45, 7) is 15.6. The number of ether oxygens (including phenoxy) is 1. The molecule has 0 saturated heterocycles. The Labute approximate surface area is 192 Å². The van der Waals surface area contributed by atoms with Gasteiger partial charge in [0.15, 0.2) is 0 Å². The van der Waals surface area contributed by atoms with Gasteiger partial charge in [-0.2, -0.15) is 0 Å². The van der Waals surface area contributed by atoms with E-state index >= 15 is 0 Å². The van der Waals surface area contributed by atoms with Crippen molar-refractivity contribution in [1.82, 2.24) is 0 Å². The van der Waals surface area contributed by atoms with Crippen LogP contribution >= 0.6 is 0 Å². The monoisotopic (exact) mass is 416 g/mol. The van der Waals surface area contributed by atoms with Crippen molar-refractivity contribution in [2.24, 2.45) is 10.8 Å². The fourth-order valence-electron chi connectivity index (χ4n) is 6.87. The molecule has 31 heavy (non-hydrogen) atoms. The summed E-state index contributed by atoms with van der Waals surface area (Å²) >= 11 is 0. The molecule has 1 heterocycles. The lowest BCUT2D eigenvalue weighted by Crippen LogP contribution is -2.63. The van der Waals surface area contributed by atoms with Crippen molar-refractivity contribution in [2.75, 3.05) is 0 Å². The molecule has 0 fully saturated rings. The van der Waals surface area contributed by atoms with E-state index in [1.165, 1.54) is 0 Å². The molecule has 2 atom stereocenters. The second kappa shape index (κ2) is 7.47. The van der Waals surface area contributed by atoms with Gasteiger partial charge in [-0.1, -0.05) is 89.6 Å². The minimum Gasteiger partial charge on any atom is -0.456 e. The first-order valence-electron chi connectivity index (χ1n) is 11.6. The van der Waals surface area contributed by atoms with Gasteiger partial charge in [-0.05, 0) is 35.8 Å². The Hall–Kier alpha value is -1.61. The first kappa shape index (κ1) is 24.0. The molecular weight excluding hydrogens is 377 g/mol. The summed E-state index contributed by atoms with van der Waals surface area (Å²) in [6, 6.07) is 14.7. The number of fused-ring (bicyclic) bond motifs is 2. The summed E-state index contributed by atoms with van der Waals surface area (Å²) in [4.78, 5) is 0. The summed E-state index contributed by atoms with van der Waals surface area (Å²) in [5.74, 6) is 1.76. The van der Waals surface area contributed by atoms with Crippen LogP contribution in [0.25, 0.3) is 0 Å². The van der Waals surface area contributed by atoms with Gasteiger partial charge >= 0.3 is 0 Å². The molecule has 0 aromatic heterocycles. The molecule has 2 unspecified atom stereocenters. The predicted molar refractivity (Wildman–Crippen MR) is 140 cm³/mol. The van der Waals surface area contributed by atoms with Crippen LogP contribution < -0.4 is 4.74 Å². The van der Waals surface area contributed by atoms with Crippen LogP contribution in [-0.2, 0) is 5.41 Å². The summed E-state index contributed by atoms with van der Waals surface area (Å²) in [6.07, 6.45) is 1.64. The summed E-state index contributed by atoms with van der Waals surface area (Å²) in [5, 5.41) is 12.3. The summed E-state index contributed by atoms with van der Waals surface area (Å²) in [7, 11) is 6.73. The fraction of sp³-hybridized carbons (Fsp3) is 0.538. The highest BCUT2D eigenvalue weighted by atomic mass is 16.5. The molecule has 0 bridgehead atoms. The molecule has 164 valence electrons. The van der Waals surface area contributed by atoms with Gasteiger partial charge in [0.05, 0.1) is 0 Å². The topological polar surface area (TPSA) is 29.5 Å². The lowest BCUT2D eigenvalue weighted by atomic mass is 9.29. The van der Waals surface area contributed by atoms with Crippen LogP contribution in [0.3, 0.4) is 0 Å². The maximum absolute atomic E-state index is 12.6. The summed E-state index contributed by atoms with van der Waals surface area (Å²) < 4.78 is 6.50. The average molecular weight is 416 g/mol. The van der Waals surface area contributed by atoms with Gasteiger partial charge in [-0.15, -0.1) is 0 Å². The molecule has 3 rings (SSSR count). The van der Waals surface area contributed by atoms with Crippen LogP contribution in [0, 0.1) is 17.8 Å². The lowest BCUT2D eigenvalue weighted by Gasteiger charge is -2.60. The number of rotatable bonds is 4. The van der Waals surface area contributed by atoms with E-state index in [4.69, 9.17) is 4.74 Å². The van der Waals surface area contributed by atoms with Crippen molar-refractivity contribution in [3.8, 4) is 11.5 Å². The quantitative estimate of drug-likeness (QED) is 0.766. The zero-order valence-corrected chi connectivity index (χ0v) is 21.3. The Morgan fingerprint density at radius 2 is 1.35 bits per heavy atom. The standard InChI is InChI=1S/C26H39B3O2/c1-17-11-10-13-19-21(17)31-20-14-9-8-12-18(20)26(19,24(27,28)15-22(2,3)4)25(29,30)16-23(5,6)7/h8-14,30H,15-16,27-29H2,1-7H3. The molecule has 5 heteroatoms. The van der Waals surface area contributed by atoms with Crippen LogP contribution in [0.1, 0.15) is 71.1 Å². The number of benzene rings is 2. The smallest absolute Gasteiger partial charge is 0.144 e. The fourth-order valence-corrected chi connectivity index (χ4v) is 6.87. The Balaban J connectivity index is 2.49. The van der Waals surface area contributed by atoms with Gasteiger partial charge in [-0.3, -0.25) is 0 Å². The van der Waals surface area contributed by atoms with Crippen molar-refractivity contribution in [2.45, 2.75) is 77.4 Å². The molecule has 0 saturated carbocycles. The third kappa shape index (κ3) is 4.11. The highest BCUT2D eigenvalue weighted by Gasteiger charge is 2.62. The van der Waals surface area contributed by atoms with Crippen LogP contribution in [0.5, 0.6) is 11.5 Å². The minimum atomic E-state index is -0.998. The second-order valence-corrected chi connectivity index (χ2v) is 12.9. The number of hydrogen-bond donors (Lipinski definition) is 1. The van der Waals surface area contributed by atoms with E-state index in [1.807, 2.05) is 6.07 Å². The molecule has 1 aliphatic rings. The number of para-hydroxylation sites is 2. The zero-order valence-electron chi connectivity index (χ0n) is 21.3. The van der Waals surface area contributed by atoms with Crippen molar-refractivity contribution >= 4 is 23.5 Å². The van der Waals surface area contributed by atoms with Gasteiger partial charge in [0.1, 0.15) is 35.0 Å². The third-order valence-electron chi connectivity index (χ3n) is 6.79. The van der Waals surface area contributed by atoms with E-state index in [-0.39, 0.29) is 16.0 Å².